The third-order valence-corrected chi connectivity index (χ3v) is 4.24. The molecule has 0 bridgehead atoms. The summed E-state index contributed by atoms with van der Waals surface area (Å²) in [7, 11) is 0. The highest BCUT2D eigenvalue weighted by molar-refractivity contribution is 5.95. The Labute approximate surface area is 144 Å². The third kappa shape index (κ3) is 3.03. The minimum atomic E-state index is -0.260. The normalized spacial score (nSPS) is 11.3. The lowest BCUT2D eigenvalue weighted by molar-refractivity contribution is 0.628. The Bertz CT molecular complexity index is 1000. The Morgan fingerprint density at radius 2 is 1.76 bits per heavy atom. The van der Waals surface area contributed by atoms with Gasteiger partial charge in [0.2, 0.25) is 0 Å². The van der Waals surface area contributed by atoms with E-state index in [9.17, 15) is 4.39 Å². The van der Waals surface area contributed by atoms with Crippen molar-refractivity contribution in [3.8, 4) is 22.6 Å². The van der Waals surface area contributed by atoms with Gasteiger partial charge in [-0.15, -0.1) is 0 Å². The standard InChI is InChI=1S/C19H18FN5/c1-2-3-4-17-21-19(25-23-17)13-7-10-16-15(11-13)18(24-22-16)12-5-8-14(20)9-6-12/h5-11H,2-4H2,1H3,(H,22,24)(H,21,23,25). The number of fused-ring (bicyclic) bond motifs is 1. The zero-order chi connectivity index (χ0) is 17.2. The number of H-pyrrole nitrogens is 2. The van der Waals surface area contributed by atoms with Crippen molar-refractivity contribution in [2.75, 3.05) is 0 Å². The number of aromatic nitrogens is 5. The number of nitrogens with one attached hydrogen (secondary N) is 2. The van der Waals surface area contributed by atoms with Crippen molar-refractivity contribution in [3.63, 3.8) is 0 Å². The van der Waals surface area contributed by atoms with Crippen LogP contribution in [-0.2, 0) is 6.42 Å². The molecule has 4 rings (SSSR count). The highest BCUT2D eigenvalue weighted by Gasteiger charge is 2.12. The summed E-state index contributed by atoms with van der Waals surface area (Å²) in [6.07, 6.45) is 3.11. The highest BCUT2D eigenvalue weighted by atomic mass is 19.1. The van der Waals surface area contributed by atoms with Gasteiger partial charge in [-0.25, -0.2) is 9.37 Å². The van der Waals surface area contributed by atoms with Gasteiger partial charge in [-0.2, -0.15) is 10.2 Å². The van der Waals surface area contributed by atoms with Gasteiger partial charge in [0.1, 0.15) is 11.6 Å². The van der Waals surface area contributed by atoms with E-state index in [0.29, 0.717) is 5.82 Å². The molecule has 0 amide bonds. The minimum Gasteiger partial charge on any atom is -0.277 e. The Morgan fingerprint density at radius 1 is 0.960 bits per heavy atom. The maximum atomic E-state index is 13.2. The van der Waals surface area contributed by atoms with E-state index in [4.69, 9.17) is 0 Å². The topological polar surface area (TPSA) is 70.2 Å². The molecule has 0 saturated heterocycles. The monoisotopic (exact) mass is 335 g/mol. The van der Waals surface area contributed by atoms with Crippen molar-refractivity contribution >= 4 is 10.9 Å². The number of halogens is 1. The van der Waals surface area contributed by atoms with Crippen molar-refractivity contribution in [1.29, 1.82) is 0 Å². The molecule has 2 aromatic heterocycles. The molecule has 2 N–H and O–H groups in total. The van der Waals surface area contributed by atoms with Crippen molar-refractivity contribution in [1.82, 2.24) is 25.4 Å². The summed E-state index contributed by atoms with van der Waals surface area (Å²) < 4.78 is 13.2. The number of rotatable bonds is 5. The molecule has 0 fully saturated rings. The second kappa shape index (κ2) is 6.47. The van der Waals surface area contributed by atoms with E-state index in [0.717, 1.165) is 52.8 Å². The number of hydrogen-bond donors (Lipinski definition) is 2. The number of benzene rings is 2. The lowest BCUT2D eigenvalue weighted by atomic mass is 10.1. The summed E-state index contributed by atoms with van der Waals surface area (Å²) in [4.78, 5) is 4.58. The summed E-state index contributed by atoms with van der Waals surface area (Å²) in [5, 5.41) is 15.7. The van der Waals surface area contributed by atoms with Crippen LogP contribution in [0, 0.1) is 5.82 Å². The Hall–Kier alpha value is -3.02. The van der Waals surface area contributed by atoms with Crippen LogP contribution in [0.15, 0.2) is 42.5 Å². The first-order valence-corrected chi connectivity index (χ1v) is 8.40. The van der Waals surface area contributed by atoms with Crippen LogP contribution >= 0.6 is 0 Å². The summed E-state index contributed by atoms with van der Waals surface area (Å²) in [6, 6.07) is 12.3. The minimum absolute atomic E-state index is 0.260. The molecule has 0 radical (unpaired) electrons. The molecule has 0 spiro atoms. The van der Waals surface area contributed by atoms with Gasteiger partial charge in [0.15, 0.2) is 5.82 Å². The summed E-state index contributed by atoms with van der Waals surface area (Å²) in [5.41, 5.74) is 3.50. The average Bonchev–Trinajstić information content (AvgIpc) is 3.27. The van der Waals surface area contributed by atoms with Crippen LogP contribution in [0.4, 0.5) is 4.39 Å². The molecule has 0 unspecified atom stereocenters. The third-order valence-electron chi connectivity index (χ3n) is 4.24. The van der Waals surface area contributed by atoms with E-state index in [1.807, 2.05) is 18.2 Å². The molecule has 2 aromatic carbocycles. The van der Waals surface area contributed by atoms with Crippen molar-refractivity contribution in [3.05, 3.63) is 54.1 Å². The van der Waals surface area contributed by atoms with Crippen LogP contribution < -0.4 is 0 Å². The van der Waals surface area contributed by atoms with E-state index in [2.05, 4.69) is 32.3 Å². The van der Waals surface area contributed by atoms with Gasteiger partial charge < -0.3 is 0 Å². The van der Waals surface area contributed by atoms with E-state index in [1.165, 1.54) is 12.1 Å². The highest BCUT2D eigenvalue weighted by Crippen LogP contribution is 2.29. The predicted octanol–water partition coefficient (Wildman–Crippen LogP) is 4.50. The number of aryl methyl sites for hydroxylation is 1. The molecule has 5 nitrogen and oxygen atoms in total. The molecule has 0 saturated carbocycles. The van der Waals surface area contributed by atoms with Crippen molar-refractivity contribution in [2.24, 2.45) is 0 Å². The summed E-state index contributed by atoms with van der Waals surface area (Å²) in [5.74, 6) is 1.33. The molecule has 0 aliphatic heterocycles. The molecule has 6 heteroatoms. The fourth-order valence-corrected chi connectivity index (χ4v) is 2.86. The first-order valence-electron chi connectivity index (χ1n) is 8.40. The van der Waals surface area contributed by atoms with Crippen LogP contribution in [0.5, 0.6) is 0 Å². The number of hydrogen-bond acceptors (Lipinski definition) is 3. The van der Waals surface area contributed by atoms with Crippen LogP contribution in [0.1, 0.15) is 25.6 Å². The predicted molar refractivity (Wildman–Crippen MR) is 95.5 cm³/mol. The quantitative estimate of drug-likeness (QED) is 0.564. The van der Waals surface area contributed by atoms with E-state index < -0.39 is 0 Å². The van der Waals surface area contributed by atoms with E-state index in [-0.39, 0.29) is 5.82 Å². The Morgan fingerprint density at radius 3 is 2.56 bits per heavy atom. The number of nitrogens with zero attached hydrogens (tertiary/aromatic N) is 3. The first kappa shape index (κ1) is 15.5. The molecule has 2 heterocycles. The molecule has 0 aliphatic rings. The van der Waals surface area contributed by atoms with Gasteiger partial charge >= 0.3 is 0 Å². The van der Waals surface area contributed by atoms with Crippen molar-refractivity contribution in [2.45, 2.75) is 26.2 Å². The van der Waals surface area contributed by atoms with E-state index >= 15 is 0 Å². The van der Waals surface area contributed by atoms with Gasteiger partial charge in [-0.1, -0.05) is 13.3 Å². The fourth-order valence-electron chi connectivity index (χ4n) is 2.86. The Kier molecular flexibility index (Phi) is 4.01. The molecule has 4 aromatic rings. The molecule has 0 aliphatic carbocycles. The maximum absolute atomic E-state index is 13.2. The van der Waals surface area contributed by atoms with Crippen LogP contribution in [0.3, 0.4) is 0 Å². The molecule has 126 valence electrons. The van der Waals surface area contributed by atoms with Crippen LogP contribution in [0.2, 0.25) is 0 Å². The largest absolute Gasteiger partial charge is 0.277 e. The van der Waals surface area contributed by atoms with Crippen LogP contribution in [0.25, 0.3) is 33.5 Å². The maximum Gasteiger partial charge on any atom is 0.181 e. The van der Waals surface area contributed by atoms with Crippen LogP contribution in [-0.4, -0.2) is 25.4 Å². The van der Waals surface area contributed by atoms with Gasteiger partial charge in [0.05, 0.1) is 11.2 Å². The molecular formula is C19H18FN5. The second-order valence-electron chi connectivity index (χ2n) is 6.05. The molecule has 25 heavy (non-hydrogen) atoms. The fraction of sp³-hybridized carbons (Fsp3) is 0.211. The zero-order valence-corrected chi connectivity index (χ0v) is 13.9. The summed E-state index contributed by atoms with van der Waals surface area (Å²) >= 11 is 0. The lowest BCUT2D eigenvalue weighted by Crippen LogP contribution is -1.87. The number of aromatic amines is 2. The van der Waals surface area contributed by atoms with Gasteiger partial charge in [-0.05, 0) is 48.9 Å². The smallest absolute Gasteiger partial charge is 0.181 e. The van der Waals surface area contributed by atoms with Crippen molar-refractivity contribution < 1.29 is 4.39 Å². The molecule has 0 atom stereocenters. The Balaban J connectivity index is 1.73. The SMILES string of the molecule is CCCCc1nc(-c2ccc3[nH]nc(-c4ccc(F)cc4)c3c2)n[nH]1. The lowest BCUT2D eigenvalue weighted by Gasteiger charge is -2.00. The summed E-state index contributed by atoms with van der Waals surface area (Å²) in [6.45, 7) is 2.15. The second-order valence-corrected chi connectivity index (χ2v) is 6.05. The first-order chi connectivity index (χ1) is 12.2. The van der Waals surface area contributed by atoms with E-state index in [1.54, 1.807) is 12.1 Å². The van der Waals surface area contributed by atoms with Gasteiger partial charge in [-0.3, -0.25) is 10.2 Å². The molecular weight excluding hydrogens is 317 g/mol. The van der Waals surface area contributed by atoms with Gasteiger partial charge in [0.25, 0.3) is 0 Å². The van der Waals surface area contributed by atoms with Gasteiger partial charge in [0, 0.05) is 22.9 Å². The average molecular weight is 335 g/mol. The number of unbranched alkanes of at least 4 members (excludes halogenated alkanes) is 1. The zero-order valence-electron chi connectivity index (χ0n) is 13.9.